The summed E-state index contributed by atoms with van der Waals surface area (Å²) < 4.78 is 26.5. The van der Waals surface area contributed by atoms with Gasteiger partial charge in [0.15, 0.2) is 0 Å². The first kappa shape index (κ1) is 15.4. The lowest BCUT2D eigenvalue weighted by Crippen LogP contribution is -2.17. The van der Waals surface area contributed by atoms with Gasteiger partial charge in [-0.3, -0.25) is 0 Å². The molecule has 0 aromatic heterocycles. The van der Waals surface area contributed by atoms with Crippen LogP contribution in [-0.2, 0) is 10.2 Å². The van der Waals surface area contributed by atoms with Crippen LogP contribution in [0.2, 0.25) is 0 Å². The molecular weight excluding hydrogens is 298 g/mol. The first-order valence-corrected chi connectivity index (χ1v) is 7.32. The molecule has 4 heteroatoms. The predicted octanol–water partition coefficient (Wildman–Crippen LogP) is 4.30. The van der Waals surface area contributed by atoms with E-state index >= 15 is 0 Å². The van der Waals surface area contributed by atoms with Crippen LogP contribution in [0.3, 0.4) is 0 Å². The van der Waals surface area contributed by atoms with Gasteiger partial charge in [-0.25, -0.2) is 13.6 Å². The Morgan fingerprint density at radius 2 is 1.43 bits per heavy atom. The number of aliphatic carboxylic acids is 1. The summed E-state index contributed by atoms with van der Waals surface area (Å²) >= 11 is 0. The Bertz CT molecular complexity index is 717. The van der Waals surface area contributed by atoms with Crippen molar-refractivity contribution in [3.8, 4) is 0 Å². The van der Waals surface area contributed by atoms with Crippen LogP contribution in [0.5, 0.6) is 0 Å². The van der Waals surface area contributed by atoms with Crippen LogP contribution in [-0.4, -0.2) is 11.1 Å². The number of carboxylic acids is 1. The van der Waals surface area contributed by atoms with E-state index in [4.69, 9.17) is 5.11 Å². The van der Waals surface area contributed by atoms with E-state index in [1.165, 1.54) is 24.3 Å². The van der Waals surface area contributed by atoms with E-state index < -0.39 is 16.8 Å². The van der Waals surface area contributed by atoms with Crippen LogP contribution in [0.4, 0.5) is 8.78 Å². The highest BCUT2D eigenvalue weighted by Gasteiger charge is 2.64. The van der Waals surface area contributed by atoms with Crippen LogP contribution in [0.25, 0.3) is 0 Å². The SMILES string of the molecule is C[C@@]1(C=CC(=O)O)CC1(c1ccc(F)cc1)c1ccc(F)cc1. The number of carbonyl (C=O) groups is 1. The number of allylic oxidation sites excluding steroid dienone is 1. The van der Waals surface area contributed by atoms with E-state index in [1.54, 1.807) is 30.3 Å². The van der Waals surface area contributed by atoms with Gasteiger partial charge in [0.1, 0.15) is 11.6 Å². The molecule has 1 N–H and O–H groups in total. The average molecular weight is 314 g/mol. The third-order valence-corrected chi connectivity index (χ3v) is 4.75. The van der Waals surface area contributed by atoms with E-state index in [2.05, 4.69) is 0 Å². The number of hydrogen-bond donors (Lipinski definition) is 1. The summed E-state index contributed by atoms with van der Waals surface area (Å²) in [6, 6.07) is 12.4. The molecule has 0 saturated heterocycles. The predicted molar refractivity (Wildman–Crippen MR) is 83.1 cm³/mol. The zero-order valence-corrected chi connectivity index (χ0v) is 12.6. The van der Waals surface area contributed by atoms with E-state index in [-0.39, 0.29) is 11.6 Å². The maximum atomic E-state index is 13.3. The van der Waals surface area contributed by atoms with Crippen molar-refractivity contribution >= 4 is 5.97 Å². The summed E-state index contributed by atoms with van der Waals surface area (Å²) in [6.07, 6.45) is 3.48. The molecule has 0 heterocycles. The Hall–Kier alpha value is -2.49. The van der Waals surface area contributed by atoms with Gasteiger partial charge in [-0.05, 0) is 41.8 Å². The van der Waals surface area contributed by atoms with Crippen LogP contribution >= 0.6 is 0 Å². The molecule has 1 fully saturated rings. The van der Waals surface area contributed by atoms with Crippen LogP contribution in [0.1, 0.15) is 24.5 Å². The largest absolute Gasteiger partial charge is 0.478 e. The van der Waals surface area contributed by atoms with Crippen molar-refractivity contribution < 1.29 is 18.7 Å². The third-order valence-electron chi connectivity index (χ3n) is 4.75. The first-order valence-electron chi connectivity index (χ1n) is 7.32. The highest BCUT2D eigenvalue weighted by atomic mass is 19.1. The molecule has 0 unspecified atom stereocenters. The van der Waals surface area contributed by atoms with E-state index in [9.17, 15) is 13.6 Å². The standard InChI is InChI=1S/C19H16F2O2/c1-18(11-10-17(22)23)12-19(18,13-2-6-15(20)7-3-13)14-4-8-16(21)9-5-14/h2-11H,12H2,1H3,(H,22,23)/t18-/m1/s1. The van der Waals surface area contributed by atoms with Crippen molar-refractivity contribution in [1.29, 1.82) is 0 Å². The summed E-state index contributed by atoms with van der Waals surface area (Å²) in [5.74, 6) is -1.66. The van der Waals surface area contributed by atoms with Crippen LogP contribution in [0.15, 0.2) is 60.7 Å². The summed E-state index contributed by atoms with van der Waals surface area (Å²) in [6.45, 7) is 1.96. The Kier molecular flexibility index (Phi) is 3.55. The van der Waals surface area contributed by atoms with Crippen molar-refractivity contribution in [2.45, 2.75) is 18.8 Å². The number of carboxylic acid groups (broad SMARTS) is 1. The molecule has 0 bridgehead atoms. The van der Waals surface area contributed by atoms with Crippen molar-refractivity contribution in [3.63, 3.8) is 0 Å². The first-order chi connectivity index (χ1) is 10.9. The molecule has 1 aliphatic carbocycles. The second-order valence-electron chi connectivity index (χ2n) is 6.18. The molecule has 1 aliphatic rings. The quantitative estimate of drug-likeness (QED) is 0.854. The van der Waals surface area contributed by atoms with Crippen molar-refractivity contribution in [2.24, 2.45) is 5.41 Å². The van der Waals surface area contributed by atoms with E-state index in [1.807, 2.05) is 6.92 Å². The zero-order chi connectivity index (χ0) is 16.7. The molecule has 0 amide bonds. The van der Waals surface area contributed by atoms with Crippen LogP contribution in [0, 0.1) is 17.0 Å². The van der Waals surface area contributed by atoms with E-state index in [0.29, 0.717) is 6.42 Å². The maximum Gasteiger partial charge on any atom is 0.327 e. The Morgan fingerprint density at radius 3 is 1.83 bits per heavy atom. The van der Waals surface area contributed by atoms with Gasteiger partial charge >= 0.3 is 5.97 Å². The fourth-order valence-corrected chi connectivity index (χ4v) is 3.46. The molecule has 2 aromatic carbocycles. The van der Waals surface area contributed by atoms with Gasteiger partial charge in [-0.2, -0.15) is 0 Å². The Morgan fingerprint density at radius 1 is 1.00 bits per heavy atom. The third kappa shape index (κ3) is 2.54. The molecule has 1 saturated carbocycles. The minimum absolute atomic E-state index is 0.327. The van der Waals surface area contributed by atoms with Gasteiger partial charge in [0.05, 0.1) is 0 Å². The fourth-order valence-electron chi connectivity index (χ4n) is 3.46. The molecule has 0 radical (unpaired) electrons. The fraction of sp³-hybridized carbons (Fsp3) is 0.211. The molecule has 118 valence electrons. The molecule has 2 nitrogen and oxygen atoms in total. The number of halogens is 2. The van der Waals surface area contributed by atoms with Crippen molar-refractivity contribution in [3.05, 3.63) is 83.4 Å². The van der Waals surface area contributed by atoms with E-state index in [0.717, 1.165) is 17.2 Å². The lowest BCUT2D eigenvalue weighted by atomic mass is 9.80. The number of benzene rings is 2. The minimum Gasteiger partial charge on any atom is -0.478 e. The molecule has 2 aromatic rings. The lowest BCUT2D eigenvalue weighted by molar-refractivity contribution is -0.131. The summed E-state index contributed by atoms with van der Waals surface area (Å²) in [7, 11) is 0. The lowest BCUT2D eigenvalue weighted by Gasteiger charge is -2.22. The van der Waals surface area contributed by atoms with Gasteiger partial charge in [0, 0.05) is 16.9 Å². The number of hydrogen-bond acceptors (Lipinski definition) is 1. The van der Waals surface area contributed by atoms with Gasteiger partial charge in [0.25, 0.3) is 0 Å². The molecule has 23 heavy (non-hydrogen) atoms. The summed E-state index contributed by atoms with van der Waals surface area (Å²) in [5.41, 5.74) is 0.896. The Labute approximate surface area is 133 Å². The maximum absolute atomic E-state index is 13.3. The second-order valence-corrected chi connectivity index (χ2v) is 6.18. The van der Waals surface area contributed by atoms with Gasteiger partial charge in [-0.15, -0.1) is 0 Å². The normalized spacial score (nSPS) is 22.2. The average Bonchev–Trinajstić information content (AvgIpc) is 3.14. The number of rotatable bonds is 4. The topological polar surface area (TPSA) is 37.3 Å². The molecule has 1 atom stereocenters. The highest BCUT2D eigenvalue weighted by molar-refractivity contribution is 5.80. The molecule has 3 rings (SSSR count). The summed E-state index contributed by atoms with van der Waals surface area (Å²) in [5, 5.41) is 8.90. The zero-order valence-electron chi connectivity index (χ0n) is 12.6. The monoisotopic (exact) mass is 314 g/mol. The van der Waals surface area contributed by atoms with Gasteiger partial charge in [0.2, 0.25) is 0 Å². The smallest absolute Gasteiger partial charge is 0.327 e. The van der Waals surface area contributed by atoms with Crippen LogP contribution < -0.4 is 0 Å². The van der Waals surface area contributed by atoms with Crippen molar-refractivity contribution in [2.75, 3.05) is 0 Å². The molecular formula is C19H16F2O2. The minimum atomic E-state index is -1.01. The molecule has 0 aliphatic heterocycles. The summed E-state index contributed by atoms with van der Waals surface area (Å²) in [4.78, 5) is 10.9. The van der Waals surface area contributed by atoms with Gasteiger partial charge < -0.3 is 5.11 Å². The molecule has 0 spiro atoms. The highest BCUT2D eigenvalue weighted by Crippen LogP contribution is 2.68. The van der Waals surface area contributed by atoms with Crippen molar-refractivity contribution in [1.82, 2.24) is 0 Å². The van der Waals surface area contributed by atoms with Gasteiger partial charge in [-0.1, -0.05) is 37.3 Å². The Balaban J connectivity index is 2.10. The second kappa shape index (κ2) is 5.30.